The van der Waals surface area contributed by atoms with Crippen LogP contribution in [0.3, 0.4) is 0 Å². The Morgan fingerprint density at radius 3 is 2.85 bits per heavy atom. The van der Waals surface area contributed by atoms with E-state index in [2.05, 4.69) is 23.3 Å². The predicted molar refractivity (Wildman–Crippen MR) is 81.3 cm³/mol. The van der Waals surface area contributed by atoms with Gasteiger partial charge in [0, 0.05) is 17.6 Å². The van der Waals surface area contributed by atoms with Crippen LogP contribution in [0.2, 0.25) is 0 Å². The minimum absolute atomic E-state index is 0.0309. The van der Waals surface area contributed by atoms with Gasteiger partial charge >= 0.3 is 0 Å². The first-order valence-electron chi connectivity index (χ1n) is 6.21. The van der Waals surface area contributed by atoms with Crippen LogP contribution in [0.25, 0.3) is 0 Å². The predicted octanol–water partition coefficient (Wildman–Crippen LogP) is 2.08. The third-order valence-corrected chi connectivity index (χ3v) is 4.67. The van der Waals surface area contributed by atoms with Crippen LogP contribution >= 0.6 is 11.3 Å². The smallest absolute Gasteiger partial charge is 0.241 e. The van der Waals surface area contributed by atoms with Gasteiger partial charge in [0.1, 0.15) is 10.7 Å². The molecular formula is C13H17N3O2S2. The topological polar surface area (TPSA) is 85.1 Å². The number of anilines is 1. The van der Waals surface area contributed by atoms with Gasteiger partial charge in [-0.1, -0.05) is 13.0 Å². The number of primary sulfonamides is 1. The van der Waals surface area contributed by atoms with E-state index in [1.54, 1.807) is 23.6 Å². The number of nitrogens with one attached hydrogen (secondary N) is 1. The summed E-state index contributed by atoms with van der Waals surface area (Å²) in [5.41, 5.74) is 0. The van der Waals surface area contributed by atoms with E-state index in [4.69, 9.17) is 5.14 Å². The standard InChI is InChI=1S/C13H17N3O2S2/c1-10(8-11-4-3-7-19-11)9-16-13-12(20(14,17)18)5-2-6-15-13/h2-7,10H,8-9H2,1H3,(H,15,16)(H2,14,17,18)/t10-/m1/s1. The minimum Gasteiger partial charge on any atom is -0.369 e. The molecule has 0 radical (unpaired) electrons. The molecule has 108 valence electrons. The van der Waals surface area contributed by atoms with Crippen molar-refractivity contribution in [3.8, 4) is 0 Å². The molecule has 5 nitrogen and oxygen atoms in total. The van der Waals surface area contributed by atoms with Gasteiger partial charge in [-0.15, -0.1) is 11.3 Å². The fourth-order valence-corrected chi connectivity index (χ4v) is 3.40. The van der Waals surface area contributed by atoms with Gasteiger partial charge < -0.3 is 5.32 Å². The van der Waals surface area contributed by atoms with E-state index in [9.17, 15) is 8.42 Å². The van der Waals surface area contributed by atoms with Gasteiger partial charge in [0.05, 0.1) is 0 Å². The van der Waals surface area contributed by atoms with E-state index in [0.29, 0.717) is 18.3 Å². The maximum absolute atomic E-state index is 11.5. The maximum Gasteiger partial charge on any atom is 0.241 e. The van der Waals surface area contributed by atoms with Crippen molar-refractivity contribution in [3.63, 3.8) is 0 Å². The van der Waals surface area contributed by atoms with Crippen molar-refractivity contribution in [2.45, 2.75) is 18.2 Å². The second-order valence-electron chi connectivity index (χ2n) is 4.66. The molecule has 2 aromatic heterocycles. The lowest BCUT2D eigenvalue weighted by Crippen LogP contribution is -2.19. The quantitative estimate of drug-likeness (QED) is 0.855. The Bertz CT molecular complexity index is 654. The lowest BCUT2D eigenvalue weighted by molar-refractivity contribution is 0.595. The minimum atomic E-state index is -3.75. The Hall–Kier alpha value is -1.44. The van der Waals surface area contributed by atoms with Crippen molar-refractivity contribution in [3.05, 3.63) is 40.7 Å². The highest BCUT2D eigenvalue weighted by Crippen LogP contribution is 2.18. The summed E-state index contributed by atoms with van der Waals surface area (Å²) in [6.07, 6.45) is 2.49. The molecule has 0 bridgehead atoms. The number of sulfonamides is 1. The van der Waals surface area contributed by atoms with Gasteiger partial charge in [-0.05, 0) is 35.9 Å². The summed E-state index contributed by atoms with van der Waals surface area (Å²) in [7, 11) is -3.75. The molecular weight excluding hydrogens is 294 g/mol. The molecule has 0 amide bonds. The summed E-state index contributed by atoms with van der Waals surface area (Å²) in [5, 5.41) is 10.3. The average Bonchev–Trinajstić information content (AvgIpc) is 2.88. The first kappa shape index (κ1) is 15.0. The Kier molecular flexibility index (Phi) is 4.74. The first-order valence-corrected chi connectivity index (χ1v) is 8.63. The van der Waals surface area contributed by atoms with Crippen LogP contribution in [-0.4, -0.2) is 19.9 Å². The van der Waals surface area contributed by atoms with Crippen LogP contribution in [-0.2, 0) is 16.4 Å². The van der Waals surface area contributed by atoms with Crippen LogP contribution in [0.5, 0.6) is 0 Å². The lowest BCUT2D eigenvalue weighted by Gasteiger charge is -2.14. The van der Waals surface area contributed by atoms with Crippen molar-refractivity contribution in [2.24, 2.45) is 11.1 Å². The fourth-order valence-electron chi connectivity index (χ4n) is 1.87. The number of rotatable bonds is 6. The van der Waals surface area contributed by atoms with E-state index in [0.717, 1.165) is 6.42 Å². The summed E-state index contributed by atoms with van der Waals surface area (Å²) >= 11 is 1.72. The molecule has 2 heterocycles. The van der Waals surface area contributed by atoms with Crippen molar-refractivity contribution >= 4 is 27.2 Å². The normalized spacial score (nSPS) is 13.1. The highest BCUT2D eigenvalue weighted by atomic mass is 32.2. The van der Waals surface area contributed by atoms with Crippen molar-refractivity contribution in [1.29, 1.82) is 0 Å². The van der Waals surface area contributed by atoms with E-state index >= 15 is 0 Å². The molecule has 3 N–H and O–H groups in total. The molecule has 0 aromatic carbocycles. The highest BCUT2D eigenvalue weighted by Gasteiger charge is 2.15. The van der Waals surface area contributed by atoms with E-state index in [-0.39, 0.29) is 4.90 Å². The number of hydrogen-bond donors (Lipinski definition) is 2. The monoisotopic (exact) mass is 311 g/mol. The Morgan fingerprint density at radius 2 is 2.20 bits per heavy atom. The number of pyridine rings is 1. The van der Waals surface area contributed by atoms with Crippen molar-refractivity contribution < 1.29 is 8.42 Å². The van der Waals surface area contributed by atoms with Crippen LogP contribution in [0.1, 0.15) is 11.8 Å². The van der Waals surface area contributed by atoms with Gasteiger partial charge in [0.2, 0.25) is 10.0 Å². The molecule has 0 aliphatic carbocycles. The molecule has 0 aliphatic heterocycles. The van der Waals surface area contributed by atoms with Crippen LogP contribution in [0, 0.1) is 5.92 Å². The fraction of sp³-hybridized carbons (Fsp3) is 0.308. The zero-order chi connectivity index (χ0) is 14.6. The number of nitrogens with zero attached hydrogens (tertiary/aromatic N) is 1. The second kappa shape index (κ2) is 6.34. The molecule has 0 unspecified atom stereocenters. The van der Waals surface area contributed by atoms with E-state index in [1.165, 1.54) is 10.9 Å². The van der Waals surface area contributed by atoms with Gasteiger partial charge in [0.25, 0.3) is 0 Å². The van der Waals surface area contributed by atoms with Crippen LogP contribution < -0.4 is 10.5 Å². The Morgan fingerprint density at radius 1 is 1.40 bits per heavy atom. The zero-order valence-electron chi connectivity index (χ0n) is 11.1. The number of aromatic nitrogens is 1. The summed E-state index contributed by atoms with van der Waals surface area (Å²) in [6.45, 7) is 2.74. The summed E-state index contributed by atoms with van der Waals surface area (Å²) in [4.78, 5) is 5.39. The summed E-state index contributed by atoms with van der Waals surface area (Å²) in [5.74, 6) is 0.678. The molecule has 7 heteroatoms. The Labute approximate surface area is 122 Å². The molecule has 20 heavy (non-hydrogen) atoms. The zero-order valence-corrected chi connectivity index (χ0v) is 12.7. The SMILES string of the molecule is C[C@@H](CNc1ncccc1S(N)(=O)=O)Cc1cccs1. The molecule has 0 spiro atoms. The second-order valence-corrected chi connectivity index (χ2v) is 7.23. The van der Waals surface area contributed by atoms with E-state index < -0.39 is 10.0 Å². The molecule has 0 aliphatic rings. The number of hydrogen-bond acceptors (Lipinski definition) is 5. The van der Waals surface area contributed by atoms with Gasteiger partial charge in [0.15, 0.2) is 0 Å². The number of nitrogens with two attached hydrogens (primary N) is 1. The Balaban J connectivity index is 2.01. The highest BCUT2D eigenvalue weighted by molar-refractivity contribution is 7.89. The van der Waals surface area contributed by atoms with Gasteiger partial charge in [-0.25, -0.2) is 18.5 Å². The molecule has 2 aromatic rings. The largest absolute Gasteiger partial charge is 0.369 e. The summed E-state index contributed by atoms with van der Waals surface area (Å²) in [6, 6.07) is 7.13. The molecule has 0 saturated heterocycles. The van der Waals surface area contributed by atoms with Crippen LogP contribution in [0.4, 0.5) is 5.82 Å². The average molecular weight is 311 g/mol. The van der Waals surface area contributed by atoms with Crippen LogP contribution in [0.15, 0.2) is 40.7 Å². The molecule has 0 saturated carbocycles. The third kappa shape index (κ3) is 4.03. The lowest BCUT2D eigenvalue weighted by atomic mass is 10.1. The van der Waals surface area contributed by atoms with E-state index in [1.807, 2.05) is 11.4 Å². The first-order chi connectivity index (χ1) is 9.47. The van der Waals surface area contributed by atoms with Gasteiger partial charge in [-0.3, -0.25) is 0 Å². The molecule has 1 atom stereocenters. The maximum atomic E-state index is 11.5. The van der Waals surface area contributed by atoms with Crippen molar-refractivity contribution in [1.82, 2.24) is 4.98 Å². The van der Waals surface area contributed by atoms with Crippen molar-refractivity contribution in [2.75, 3.05) is 11.9 Å². The van der Waals surface area contributed by atoms with Gasteiger partial charge in [-0.2, -0.15) is 0 Å². The number of thiophene rings is 1. The third-order valence-electron chi connectivity index (χ3n) is 2.82. The molecule has 0 fully saturated rings. The summed E-state index contributed by atoms with van der Waals surface area (Å²) < 4.78 is 22.9. The molecule has 2 rings (SSSR count).